The summed E-state index contributed by atoms with van der Waals surface area (Å²) in [7, 11) is 1.74. The molecule has 108 valence electrons. The zero-order valence-corrected chi connectivity index (χ0v) is 11.4. The number of rotatable bonds is 4. The van der Waals surface area contributed by atoms with Gasteiger partial charge in [-0.3, -0.25) is 0 Å². The molecule has 0 bridgehead atoms. The Morgan fingerprint density at radius 2 is 2.05 bits per heavy atom. The van der Waals surface area contributed by atoms with Crippen molar-refractivity contribution in [3.63, 3.8) is 0 Å². The number of ether oxygens (including phenoxy) is 1. The summed E-state index contributed by atoms with van der Waals surface area (Å²) in [5.74, 6) is -0.825. The van der Waals surface area contributed by atoms with Crippen molar-refractivity contribution in [1.82, 2.24) is 14.8 Å². The molecule has 0 amide bonds. The molecule has 1 heterocycles. The fourth-order valence-corrected chi connectivity index (χ4v) is 2.29. The van der Waals surface area contributed by atoms with Gasteiger partial charge in [0.2, 0.25) is 0 Å². The van der Waals surface area contributed by atoms with Crippen LogP contribution in [0.2, 0.25) is 0 Å². The molecule has 2 rings (SSSR count). The van der Waals surface area contributed by atoms with Gasteiger partial charge >= 0.3 is 6.61 Å². The van der Waals surface area contributed by atoms with Gasteiger partial charge in [-0.2, -0.15) is 8.78 Å². The molecule has 20 heavy (non-hydrogen) atoms. The van der Waals surface area contributed by atoms with Gasteiger partial charge in [0.25, 0.3) is 0 Å². The monoisotopic (exact) mass is 304 g/mol. The van der Waals surface area contributed by atoms with Crippen molar-refractivity contribution in [2.45, 2.75) is 23.6 Å². The summed E-state index contributed by atoms with van der Waals surface area (Å²) in [6, 6.07) is 2.05. The fraction of sp³-hybridized carbons (Fsp3) is 0.273. The third-order valence-corrected chi connectivity index (χ3v) is 3.65. The van der Waals surface area contributed by atoms with Gasteiger partial charge < -0.3 is 15.0 Å². The van der Waals surface area contributed by atoms with Crippen molar-refractivity contribution < 1.29 is 17.9 Å². The van der Waals surface area contributed by atoms with E-state index in [0.29, 0.717) is 15.9 Å². The number of hydrogen-bond acceptors (Lipinski definition) is 5. The molecule has 0 radical (unpaired) electrons. The van der Waals surface area contributed by atoms with Crippen LogP contribution in [0.25, 0.3) is 0 Å². The van der Waals surface area contributed by atoms with E-state index in [2.05, 4.69) is 14.9 Å². The number of aryl methyl sites for hydroxylation is 1. The van der Waals surface area contributed by atoms with Gasteiger partial charge in [-0.25, -0.2) is 4.39 Å². The fourth-order valence-electron chi connectivity index (χ4n) is 1.40. The van der Waals surface area contributed by atoms with Crippen LogP contribution in [0.3, 0.4) is 0 Å². The lowest BCUT2D eigenvalue weighted by Crippen LogP contribution is -2.05. The zero-order valence-electron chi connectivity index (χ0n) is 10.6. The van der Waals surface area contributed by atoms with Gasteiger partial charge in [0.05, 0.1) is 0 Å². The minimum atomic E-state index is -3.11. The molecule has 0 aliphatic heterocycles. The zero-order chi connectivity index (χ0) is 14.9. The van der Waals surface area contributed by atoms with E-state index in [-0.39, 0.29) is 5.69 Å². The maximum atomic E-state index is 13.4. The number of anilines is 1. The highest BCUT2D eigenvalue weighted by Crippen LogP contribution is 2.35. The number of hydrogen-bond donors (Lipinski definition) is 1. The second-order valence-electron chi connectivity index (χ2n) is 3.89. The van der Waals surface area contributed by atoms with Crippen molar-refractivity contribution in [3.05, 3.63) is 23.8 Å². The molecule has 0 spiro atoms. The van der Waals surface area contributed by atoms with Crippen LogP contribution in [-0.4, -0.2) is 21.4 Å². The summed E-state index contributed by atoms with van der Waals surface area (Å²) in [6.07, 6.45) is 0. The predicted octanol–water partition coefficient (Wildman–Crippen LogP) is 2.60. The number of benzene rings is 1. The lowest BCUT2D eigenvalue weighted by atomic mass is 10.3. The Kier molecular flexibility index (Phi) is 4.07. The van der Waals surface area contributed by atoms with E-state index >= 15 is 0 Å². The summed E-state index contributed by atoms with van der Waals surface area (Å²) in [6.45, 7) is -1.35. The molecule has 0 fully saturated rings. The van der Waals surface area contributed by atoms with E-state index in [4.69, 9.17) is 5.73 Å². The lowest BCUT2D eigenvalue weighted by Gasteiger charge is -2.10. The van der Waals surface area contributed by atoms with Crippen LogP contribution in [0.1, 0.15) is 5.82 Å². The number of halogens is 3. The van der Waals surface area contributed by atoms with Crippen LogP contribution >= 0.6 is 11.8 Å². The second kappa shape index (κ2) is 5.61. The molecule has 0 saturated heterocycles. The van der Waals surface area contributed by atoms with Crippen molar-refractivity contribution >= 4 is 17.4 Å². The molecule has 2 aromatic rings. The van der Waals surface area contributed by atoms with Crippen molar-refractivity contribution in [3.8, 4) is 5.75 Å². The minimum Gasteiger partial charge on any atom is -0.432 e. The van der Waals surface area contributed by atoms with Gasteiger partial charge in [-0.15, -0.1) is 10.2 Å². The molecule has 0 atom stereocenters. The number of alkyl halides is 2. The second-order valence-corrected chi connectivity index (χ2v) is 4.90. The highest BCUT2D eigenvalue weighted by Gasteiger charge is 2.16. The first-order chi connectivity index (χ1) is 9.38. The van der Waals surface area contributed by atoms with Crippen LogP contribution in [0.5, 0.6) is 5.75 Å². The Morgan fingerprint density at radius 1 is 1.35 bits per heavy atom. The van der Waals surface area contributed by atoms with Gasteiger partial charge in [0.1, 0.15) is 5.82 Å². The van der Waals surface area contributed by atoms with Crippen LogP contribution in [0.4, 0.5) is 18.9 Å². The highest BCUT2D eigenvalue weighted by molar-refractivity contribution is 7.99. The van der Waals surface area contributed by atoms with Gasteiger partial charge in [0.15, 0.2) is 16.7 Å². The third kappa shape index (κ3) is 2.98. The number of nitrogens with two attached hydrogens (primary N) is 1. The highest BCUT2D eigenvalue weighted by atomic mass is 32.2. The molecule has 0 aliphatic rings. The summed E-state index contributed by atoms with van der Waals surface area (Å²) in [4.78, 5) is 0.359. The molecule has 2 N–H and O–H groups in total. The molecule has 1 aromatic heterocycles. The Morgan fingerprint density at radius 3 is 2.60 bits per heavy atom. The third-order valence-electron chi connectivity index (χ3n) is 2.53. The summed E-state index contributed by atoms with van der Waals surface area (Å²) >= 11 is 1.08. The molecule has 1 aromatic carbocycles. The molecule has 9 heteroatoms. The standard InChI is InChI=1S/C11H11F3N4OS/c1-5-16-17-11(18(5)2)20-9-4-8(19-10(13)14)6(12)3-7(9)15/h3-4,10H,15H2,1-2H3. The van der Waals surface area contributed by atoms with E-state index in [9.17, 15) is 13.2 Å². The quantitative estimate of drug-likeness (QED) is 0.880. The van der Waals surface area contributed by atoms with E-state index in [0.717, 1.165) is 23.9 Å². The normalized spacial score (nSPS) is 11.1. The summed E-state index contributed by atoms with van der Waals surface area (Å²) in [5, 5.41) is 8.26. The smallest absolute Gasteiger partial charge is 0.387 e. The Bertz CT molecular complexity index is 632. The van der Waals surface area contributed by atoms with E-state index in [1.165, 1.54) is 0 Å². The molecule has 0 saturated carbocycles. The maximum Gasteiger partial charge on any atom is 0.387 e. The van der Waals surface area contributed by atoms with E-state index in [1.807, 2.05) is 0 Å². The molecule has 0 unspecified atom stereocenters. The van der Waals surface area contributed by atoms with Crippen LogP contribution in [-0.2, 0) is 7.05 Å². The Labute approximate surface area is 116 Å². The topological polar surface area (TPSA) is 66.0 Å². The first-order valence-corrected chi connectivity index (χ1v) is 6.28. The minimum absolute atomic E-state index is 0.106. The van der Waals surface area contributed by atoms with Gasteiger partial charge in [-0.1, -0.05) is 0 Å². The molecule has 0 aliphatic carbocycles. The average molecular weight is 304 g/mol. The van der Waals surface area contributed by atoms with E-state index in [1.54, 1.807) is 18.5 Å². The largest absolute Gasteiger partial charge is 0.432 e. The number of nitrogens with zero attached hydrogens (tertiary/aromatic N) is 3. The summed E-state index contributed by atoms with van der Waals surface area (Å²) < 4.78 is 43.6. The number of nitrogen functional groups attached to an aromatic ring is 1. The van der Waals surface area contributed by atoms with Crippen LogP contribution < -0.4 is 10.5 Å². The van der Waals surface area contributed by atoms with Crippen LogP contribution in [0.15, 0.2) is 22.2 Å². The predicted molar refractivity (Wildman–Crippen MR) is 67.3 cm³/mol. The van der Waals surface area contributed by atoms with Gasteiger partial charge in [-0.05, 0) is 24.8 Å². The SMILES string of the molecule is Cc1nnc(Sc2cc(OC(F)F)c(F)cc2N)n1C. The van der Waals surface area contributed by atoms with Crippen molar-refractivity contribution in [2.75, 3.05) is 5.73 Å². The van der Waals surface area contributed by atoms with Crippen molar-refractivity contribution in [1.29, 1.82) is 0 Å². The Balaban J connectivity index is 2.34. The van der Waals surface area contributed by atoms with Crippen LogP contribution in [0, 0.1) is 12.7 Å². The van der Waals surface area contributed by atoms with Gasteiger partial charge in [0, 0.05) is 23.7 Å². The first kappa shape index (κ1) is 14.5. The Hall–Kier alpha value is -1.90. The van der Waals surface area contributed by atoms with E-state index < -0.39 is 18.2 Å². The number of aromatic nitrogens is 3. The molecular formula is C11H11F3N4OS. The van der Waals surface area contributed by atoms with Crippen molar-refractivity contribution in [2.24, 2.45) is 7.05 Å². The lowest BCUT2D eigenvalue weighted by molar-refractivity contribution is -0.0523. The summed E-state index contributed by atoms with van der Waals surface area (Å²) in [5.41, 5.74) is 5.77. The molecular weight excluding hydrogens is 293 g/mol. The maximum absolute atomic E-state index is 13.4. The first-order valence-electron chi connectivity index (χ1n) is 5.46. The molecule has 5 nitrogen and oxygen atoms in total. The average Bonchev–Trinajstić information content (AvgIpc) is 2.66.